The van der Waals surface area contributed by atoms with E-state index in [0.29, 0.717) is 5.92 Å². The maximum absolute atomic E-state index is 10.0. The minimum atomic E-state index is -0.126. The summed E-state index contributed by atoms with van der Waals surface area (Å²) in [6.45, 7) is 0.924. The van der Waals surface area contributed by atoms with Crippen molar-refractivity contribution in [2.45, 2.75) is 31.8 Å². The van der Waals surface area contributed by atoms with Crippen LogP contribution in [0, 0.1) is 5.92 Å². The minimum absolute atomic E-state index is 0.126. The molecule has 2 rings (SSSR count). The fraction of sp³-hybridized carbons (Fsp3) is 0.600. The molecule has 2 atom stereocenters. The van der Waals surface area contributed by atoms with Crippen LogP contribution in [-0.2, 0) is 0 Å². The second-order valence-corrected chi connectivity index (χ2v) is 5.19. The van der Waals surface area contributed by atoms with Gasteiger partial charge in [-0.3, -0.25) is 0 Å². The predicted octanol–water partition coefficient (Wildman–Crippen LogP) is 2.68. The van der Waals surface area contributed by atoms with Crippen LogP contribution in [0.15, 0.2) is 24.3 Å². The molecule has 0 bridgehead atoms. The van der Waals surface area contributed by atoms with Gasteiger partial charge in [0.05, 0.1) is 13.2 Å². The molecule has 2 unspecified atom stereocenters. The maximum atomic E-state index is 10.0. The van der Waals surface area contributed by atoms with Crippen molar-refractivity contribution in [3.63, 3.8) is 0 Å². The van der Waals surface area contributed by atoms with Crippen LogP contribution in [-0.4, -0.2) is 31.9 Å². The van der Waals surface area contributed by atoms with Crippen molar-refractivity contribution in [1.29, 1.82) is 0 Å². The van der Waals surface area contributed by atoms with E-state index in [1.807, 2.05) is 12.1 Å². The van der Waals surface area contributed by atoms with Crippen LogP contribution >= 0.6 is 0 Å². The lowest BCUT2D eigenvalue weighted by Crippen LogP contribution is -2.35. The molecular formula is C15H23NO2. The van der Waals surface area contributed by atoms with Gasteiger partial charge in [0.2, 0.25) is 0 Å². The molecular weight excluding hydrogens is 226 g/mol. The third-order valence-corrected chi connectivity index (χ3v) is 3.89. The molecule has 18 heavy (non-hydrogen) atoms. The molecule has 1 aromatic rings. The Morgan fingerprint density at radius 3 is 2.50 bits per heavy atom. The number of hydrogen-bond acceptors (Lipinski definition) is 3. The summed E-state index contributed by atoms with van der Waals surface area (Å²) in [6.07, 6.45) is 4.39. The van der Waals surface area contributed by atoms with E-state index >= 15 is 0 Å². The highest BCUT2D eigenvalue weighted by Gasteiger charge is 2.24. The van der Waals surface area contributed by atoms with Gasteiger partial charge in [-0.15, -0.1) is 0 Å². The predicted molar refractivity (Wildman–Crippen MR) is 74.2 cm³/mol. The molecule has 3 heteroatoms. The van der Waals surface area contributed by atoms with Gasteiger partial charge in [0.1, 0.15) is 5.75 Å². The summed E-state index contributed by atoms with van der Waals surface area (Å²) in [5, 5.41) is 10.0. The quantitative estimate of drug-likeness (QED) is 0.890. The zero-order valence-corrected chi connectivity index (χ0v) is 11.3. The number of nitrogens with zero attached hydrogens (tertiary/aromatic N) is 1. The Morgan fingerprint density at radius 1 is 1.22 bits per heavy atom. The minimum Gasteiger partial charge on any atom is -0.497 e. The van der Waals surface area contributed by atoms with Crippen molar-refractivity contribution in [2.24, 2.45) is 5.92 Å². The second-order valence-electron chi connectivity index (χ2n) is 5.19. The first-order chi connectivity index (χ1) is 8.70. The number of anilines is 1. The number of hydrogen-bond donors (Lipinski definition) is 1. The molecule has 0 amide bonds. The summed E-state index contributed by atoms with van der Waals surface area (Å²) in [7, 11) is 3.76. The molecule has 0 radical (unpaired) electrons. The topological polar surface area (TPSA) is 32.7 Å². The van der Waals surface area contributed by atoms with E-state index in [0.717, 1.165) is 25.1 Å². The lowest BCUT2D eigenvalue weighted by atomic mass is 9.86. The molecule has 1 aliphatic rings. The van der Waals surface area contributed by atoms with E-state index < -0.39 is 0 Å². The van der Waals surface area contributed by atoms with E-state index in [1.165, 1.54) is 18.5 Å². The number of aliphatic hydroxyl groups excluding tert-OH is 1. The Kier molecular flexibility index (Phi) is 4.48. The summed E-state index contributed by atoms with van der Waals surface area (Å²) in [4.78, 5) is 2.22. The van der Waals surface area contributed by atoms with Crippen molar-refractivity contribution >= 4 is 5.69 Å². The third kappa shape index (κ3) is 3.16. The summed E-state index contributed by atoms with van der Waals surface area (Å²) < 4.78 is 5.16. The third-order valence-electron chi connectivity index (χ3n) is 3.89. The van der Waals surface area contributed by atoms with Crippen molar-refractivity contribution in [2.75, 3.05) is 25.6 Å². The Balaban J connectivity index is 1.95. The van der Waals surface area contributed by atoms with Gasteiger partial charge >= 0.3 is 0 Å². The molecule has 1 aromatic carbocycles. The highest BCUT2D eigenvalue weighted by Crippen LogP contribution is 2.27. The van der Waals surface area contributed by atoms with Gasteiger partial charge in [-0.2, -0.15) is 0 Å². The first kappa shape index (κ1) is 13.2. The maximum Gasteiger partial charge on any atom is 0.119 e. The van der Waals surface area contributed by atoms with Gasteiger partial charge < -0.3 is 14.7 Å². The van der Waals surface area contributed by atoms with Gasteiger partial charge in [-0.1, -0.05) is 12.8 Å². The first-order valence-corrected chi connectivity index (χ1v) is 6.74. The Hall–Kier alpha value is -1.22. The van der Waals surface area contributed by atoms with Gasteiger partial charge in [-0.25, -0.2) is 0 Å². The smallest absolute Gasteiger partial charge is 0.119 e. The largest absolute Gasteiger partial charge is 0.497 e. The summed E-state index contributed by atoms with van der Waals surface area (Å²) in [5.41, 5.74) is 1.17. The van der Waals surface area contributed by atoms with Crippen molar-refractivity contribution in [3.05, 3.63) is 24.3 Å². The van der Waals surface area contributed by atoms with Gasteiger partial charge in [0, 0.05) is 25.2 Å². The summed E-state index contributed by atoms with van der Waals surface area (Å²) >= 11 is 0. The van der Waals surface area contributed by atoms with Gasteiger partial charge in [-0.05, 0) is 37.1 Å². The SMILES string of the molecule is COc1ccc(N(C)CC2CCCCC2O)cc1. The Labute approximate surface area is 109 Å². The highest BCUT2D eigenvalue weighted by atomic mass is 16.5. The lowest BCUT2D eigenvalue weighted by molar-refractivity contribution is 0.0736. The molecule has 0 aliphatic heterocycles. The number of rotatable bonds is 4. The number of benzene rings is 1. The highest BCUT2D eigenvalue weighted by molar-refractivity contribution is 5.48. The summed E-state index contributed by atoms with van der Waals surface area (Å²) in [6, 6.07) is 8.08. The van der Waals surface area contributed by atoms with Crippen LogP contribution in [0.4, 0.5) is 5.69 Å². The average molecular weight is 249 g/mol. The van der Waals surface area contributed by atoms with Crippen LogP contribution in [0.5, 0.6) is 5.75 Å². The normalized spacial score (nSPS) is 23.7. The van der Waals surface area contributed by atoms with E-state index in [-0.39, 0.29) is 6.10 Å². The average Bonchev–Trinajstić information content (AvgIpc) is 2.41. The molecule has 100 valence electrons. The molecule has 1 N–H and O–H groups in total. The zero-order valence-electron chi connectivity index (χ0n) is 11.3. The van der Waals surface area contributed by atoms with Crippen LogP contribution in [0.3, 0.4) is 0 Å². The zero-order chi connectivity index (χ0) is 13.0. The fourth-order valence-electron chi connectivity index (χ4n) is 2.69. The molecule has 0 spiro atoms. The monoisotopic (exact) mass is 249 g/mol. The number of methoxy groups -OCH3 is 1. The molecule has 0 heterocycles. The van der Waals surface area contributed by atoms with Gasteiger partial charge in [0.25, 0.3) is 0 Å². The van der Waals surface area contributed by atoms with E-state index in [2.05, 4.69) is 24.1 Å². The Morgan fingerprint density at radius 2 is 1.89 bits per heavy atom. The fourth-order valence-corrected chi connectivity index (χ4v) is 2.69. The Bertz CT molecular complexity index is 363. The van der Waals surface area contributed by atoms with E-state index in [1.54, 1.807) is 7.11 Å². The molecule has 0 saturated heterocycles. The molecule has 1 aliphatic carbocycles. The van der Waals surface area contributed by atoms with Crippen molar-refractivity contribution in [3.8, 4) is 5.75 Å². The van der Waals surface area contributed by atoms with Crippen LogP contribution in [0.1, 0.15) is 25.7 Å². The van der Waals surface area contributed by atoms with Crippen LogP contribution in [0.25, 0.3) is 0 Å². The lowest BCUT2D eigenvalue weighted by Gasteiger charge is -2.32. The number of aliphatic hydroxyl groups is 1. The summed E-state index contributed by atoms with van der Waals surface area (Å²) in [5.74, 6) is 1.29. The first-order valence-electron chi connectivity index (χ1n) is 6.74. The van der Waals surface area contributed by atoms with E-state index in [9.17, 15) is 5.11 Å². The van der Waals surface area contributed by atoms with Crippen LogP contribution in [0.2, 0.25) is 0 Å². The van der Waals surface area contributed by atoms with E-state index in [4.69, 9.17) is 4.74 Å². The standard InChI is InChI=1S/C15H23NO2/c1-16(11-12-5-3-4-6-15(12)17)13-7-9-14(18-2)10-8-13/h7-10,12,15,17H,3-6,11H2,1-2H3. The second kappa shape index (κ2) is 6.10. The van der Waals surface area contributed by atoms with Gasteiger partial charge in [0.15, 0.2) is 0 Å². The van der Waals surface area contributed by atoms with Crippen LogP contribution < -0.4 is 9.64 Å². The number of ether oxygens (including phenoxy) is 1. The van der Waals surface area contributed by atoms with Crippen molar-refractivity contribution in [1.82, 2.24) is 0 Å². The van der Waals surface area contributed by atoms with Crippen molar-refractivity contribution < 1.29 is 9.84 Å². The molecule has 3 nitrogen and oxygen atoms in total. The molecule has 1 saturated carbocycles. The molecule has 0 aromatic heterocycles. The molecule has 1 fully saturated rings.